The number of likely N-dealkylation sites (tertiary alicyclic amines) is 1. The lowest BCUT2D eigenvalue weighted by Crippen LogP contribution is -2.32. The number of amides is 3. The molecule has 1 rings (SSSR count). The normalized spacial score (nSPS) is 18.7. The van der Waals surface area contributed by atoms with Crippen LogP contribution in [0.15, 0.2) is 0 Å². The van der Waals surface area contributed by atoms with Crippen LogP contribution in [0.25, 0.3) is 0 Å². The van der Waals surface area contributed by atoms with Crippen LogP contribution in [0.2, 0.25) is 0 Å². The molecule has 20 heavy (non-hydrogen) atoms. The van der Waals surface area contributed by atoms with Crippen LogP contribution in [0.5, 0.6) is 0 Å². The fraction of sp³-hybridized carbons (Fsp3) is 0.786. The van der Waals surface area contributed by atoms with Crippen molar-refractivity contribution in [1.29, 1.82) is 0 Å². The number of nitrogens with zero attached hydrogens (tertiary/aromatic N) is 1. The first-order chi connectivity index (χ1) is 9.60. The highest BCUT2D eigenvalue weighted by molar-refractivity contribution is 8.00. The van der Waals surface area contributed by atoms with E-state index in [0.717, 1.165) is 19.3 Å². The summed E-state index contributed by atoms with van der Waals surface area (Å²) in [6.07, 6.45) is 3.42. The number of carbonyl (C=O) groups is 3. The van der Waals surface area contributed by atoms with Crippen LogP contribution in [0.4, 0.5) is 0 Å². The summed E-state index contributed by atoms with van der Waals surface area (Å²) in [5.41, 5.74) is 0. The van der Waals surface area contributed by atoms with Crippen molar-refractivity contribution in [2.75, 3.05) is 18.8 Å². The van der Waals surface area contributed by atoms with Crippen LogP contribution in [0.1, 0.15) is 46.0 Å². The number of rotatable bonds is 9. The Hall–Kier alpha value is -1.04. The maximum Gasteiger partial charge on any atom is 0.242 e. The zero-order chi connectivity index (χ0) is 15.0. The minimum absolute atomic E-state index is 0.0129. The maximum absolute atomic E-state index is 12.1. The zero-order valence-corrected chi connectivity index (χ0v) is 13.1. The molecule has 0 bridgehead atoms. The molecule has 6 heteroatoms. The van der Waals surface area contributed by atoms with E-state index in [4.69, 9.17) is 0 Å². The Kier molecular flexibility index (Phi) is 7.65. The molecule has 1 fully saturated rings. The van der Waals surface area contributed by atoms with Crippen LogP contribution < -0.4 is 5.32 Å². The lowest BCUT2D eigenvalue weighted by Gasteiger charge is -2.14. The fourth-order valence-electron chi connectivity index (χ4n) is 1.98. The molecule has 114 valence electrons. The van der Waals surface area contributed by atoms with Gasteiger partial charge in [-0.25, -0.2) is 0 Å². The number of hydrogen-bond acceptors (Lipinski definition) is 4. The Morgan fingerprint density at radius 3 is 2.75 bits per heavy atom. The van der Waals surface area contributed by atoms with Gasteiger partial charge in [0.15, 0.2) is 0 Å². The Morgan fingerprint density at radius 1 is 1.35 bits per heavy atom. The van der Waals surface area contributed by atoms with E-state index in [1.165, 1.54) is 16.7 Å². The molecule has 0 aromatic heterocycles. The summed E-state index contributed by atoms with van der Waals surface area (Å²) in [5, 5.41) is 2.51. The van der Waals surface area contributed by atoms with Crippen LogP contribution in [0.3, 0.4) is 0 Å². The third kappa shape index (κ3) is 5.15. The number of carbonyl (C=O) groups excluding carboxylic acids is 3. The Bertz CT molecular complexity index is 360. The second kappa shape index (κ2) is 9.00. The van der Waals surface area contributed by atoms with E-state index in [0.29, 0.717) is 25.3 Å². The first-order valence-corrected chi connectivity index (χ1v) is 8.37. The van der Waals surface area contributed by atoms with Gasteiger partial charge in [0.1, 0.15) is 0 Å². The average molecular weight is 300 g/mol. The molecule has 0 aromatic rings. The van der Waals surface area contributed by atoms with Gasteiger partial charge in [-0.05, 0) is 12.8 Å². The van der Waals surface area contributed by atoms with Gasteiger partial charge < -0.3 is 5.32 Å². The summed E-state index contributed by atoms with van der Waals surface area (Å²) < 4.78 is 0. The van der Waals surface area contributed by atoms with Crippen molar-refractivity contribution in [2.24, 2.45) is 0 Å². The summed E-state index contributed by atoms with van der Waals surface area (Å²) in [6.45, 7) is 5.26. The zero-order valence-electron chi connectivity index (χ0n) is 12.3. The summed E-state index contributed by atoms with van der Waals surface area (Å²) in [4.78, 5) is 36.6. The molecule has 1 aliphatic heterocycles. The van der Waals surface area contributed by atoms with Gasteiger partial charge in [-0.1, -0.05) is 20.3 Å². The number of imide groups is 1. The van der Waals surface area contributed by atoms with Crippen molar-refractivity contribution in [2.45, 2.75) is 51.2 Å². The van der Waals surface area contributed by atoms with E-state index >= 15 is 0 Å². The lowest BCUT2D eigenvalue weighted by molar-refractivity contribution is -0.138. The Morgan fingerprint density at radius 2 is 2.10 bits per heavy atom. The standard InChI is InChI=1S/C14H24N2O3S/c1-3-5-8-16-13(18)10-11(14(16)19)20-9-6-12(17)15-7-4-2/h11H,3-10H2,1-2H3,(H,15,17). The highest BCUT2D eigenvalue weighted by Gasteiger charge is 2.38. The van der Waals surface area contributed by atoms with Crippen molar-refractivity contribution < 1.29 is 14.4 Å². The average Bonchev–Trinajstić information content (AvgIpc) is 2.69. The van der Waals surface area contributed by atoms with E-state index in [1.807, 2.05) is 13.8 Å². The summed E-state index contributed by atoms with van der Waals surface area (Å²) in [6, 6.07) is 0. The SMILES string of the molecule is CCCCN1C(=O)CC(SCCC(=O)NCCC)C1=O. The van der Waals surface area contributed by atoms with E-state index < -0.39 is 0 Å². The number of nitrogens with one attached hydrogen (secondary N) is 1. The highest BCUT2D eigenvalue weighted by Crippen LogP contribution is 2.25. The van der Waals surface area contributed by atoms with E-state index in [1.54, 1.807) is 0 Å². The second-order valence-electron chi connectivity index (χ2n) is 4.90. The Labute approximate surface area is 124 Å². The molecule has 0 aliphatic carbocycles. The quantitative estimate of drug-likeness (QED) is 0.656. The van der Waals surface area contributed by atoms with Gasteiger partial charge in [0.05, 0.1) is 5.25 Å². The van der Waals surface area contributed by atoms with Crippen molar-refractivity contribution in [3.63, 3.8) is 0 Å². The van der Waals surface area contributed by atoms with Gasteiger partial charge in [-0.15, -0.1) is 11.8 Å². The van der Waals surface area contributed by atoms with Crippen molar-refractivity contribution in [3.8, 4) is 0 Å². The molecule has 0 aromatic carbocycles. The van der Waals surface area contributed by atoms with E-state index in [9.17, 15) is 14.4 Å². The molecule has 1 unspecified atom stereocenters. The topological polar surface area (TPSA) is 66.5 Å². The fourth-order valence-corrected chi connectivity index (χ4v) is 3.10. The van der Waals surface area contributed by atoms with Crippen LogP contribution in [-0.4, -0.2) is 46.7 Å². The van der Waals surface area contributed by atoms with Gasteiger partial charge in [0.2, 0.25) is 17.7 Å². The predicted octanol–water partition coefficient (Wildman–Crippen LogP) is 1.56. The highest BCUT2D eigenvalue weighted by atomic mass is 32.2. The molecule has 1 saturated heterocycles. The van der Waals surface area contributed by atoms with Gasteiger partial charge in [0, 0.05) is 31.7 Å². The molecular weight excluding hydrogens is 276 g/mol. The molecule has 0 saturated carbocycles. The minimum atomic E-state index is -0.293. The smallest absolute Gasteiger partial charge is 0.242 e. The first-order valence-electron chi connectivity index (χ1n) is 7.32. The Balaban J connectivity index is 2.29. The molecule has 1 heterocycles. The van der Waals surface area contributed by atoms with Gasteiger partial charge in [0.25, 0.3) is 0 Å². The van der Waals surface area contributed by atoms with Gasteiger partial charge in [-0.2, -0.15) is 0 Å². The molecule has 0 radical (unpaired) electrons. The summed E-state index contributed by atoms with van der Waals surface area (Å²) >= 11 is 1.42. The predicted molar refractivity (Wildman–Crippen MR) is 80.4 cm³/mol. The van der Waals surface area contributed by atoms with Crippen molar-refractivity contribution >= 4 is 29.5 Å². The van der Waals surface area contributed by atoms with E-state index in [2.05, 4.69) is 5.32 Å². The molecule has 1 N–H and O–H groups in total. The largest absolute Gasteiger partial charge is 0.356 e. The van der Waals surface area contributed by atoms with Crippen LogP contribution in [-0.2, 0) is 14.4 Å². The molecule has 1 aliphatic rings. The lowest BCUT2D eigenvalue weighted by atomic mass is 10.3. The summed E-state index contributed by atoms with van der Waals surface area (Å²) in [7, 11) is 0. The minimum Gasteiger partial charge on any atom is -0.356 e. The van der Waals surface area contributed by atoms with Gasteiger partial charge in [-0.3, -0.25) is 19.3 Å². The third-order valence-corrected chi connectivity index (χ3v) is 4.37. The molecule has 3 amide bonds. The molecular formula is C14H24N2O3S. The third-order valence-electron chi connectivity index (χ3n) is 3.16. The van der Waals surface area contributed by atoms with E-state index in [-0.39, 0.29) is 29.4 Å². The number of unbranched alkanes of at least 4 members (excludes halogenated alkanes) is 1. The van der Waals surface area contributed by atoms with Crippen LogP contribution >= 0.6 is 11.8 Å². The second-order valence-corrected chi connectivity index (χ2v) is 6.21. The van der Waals surface area contributed by atoms with Crippen LogP contribution in [0, 0.1) is 0 Å². The first kappa shape index (κ1) is 17.0. The molecule has 1 atom stereocenters. The summed E-state index contributed by atoms with van der Waals surface area (Å²) in [5.74, 6) is 0.443. The number of thioether (sulfide) groups is 1. The van der Waals surface area contributed by atoms with Crippen molar-refractivity contribution in [3.05, 3.63) is 0 Å². The molecule has 5 nitrogen and oxygen atoms in total. The maximum atomic E-state index is 12.1. The number of hydrogen-bond donors (Lipinski definition) is 1. The van der Waals surface area contributed by atoms with Crippen molar-refractivity contribution in [1.82, 2.24) is 10.2 Å². The monoisotopic (exact) mass is 300 g/mol. The molecule has 0 spiro atoms. The van der Waals surface area contributed by atoms with Gasteiger partial charge >= 0.3 is 0 Å².